The highest BCUT2D eigenvalue weighted by Crippen LogP contribution is 2.13. The van der Waals surface area contributed by atoms with Crippen LogP contribution in [-0.2, 0) is 11.3 Å². The fraction of sp³-hybridized carbons (Fsp3) is 0.538. The van der Waals surface area contributed by atoms with Crippen molar-refractivity contribution >= 4 is 11.6 Å². The highest BCUT2D eigenvalue weighted by atomic mass is 35.5. The summed E-state index contributed by atoms with van der Waals surface area (Å²) >= 11 is 5.82. The summed E-state index contributed by atoms with van der Waals surface area (Å²) in [7, 11) is 0. The van der Waals surface area contributed by atoms with E-state index >= 15 is 0 Å². The Morgan fingerprint density at radius 3 is 2.81 bits per heavy atom. The summed E-state index contributed by atoms with van der Waals surface area (Å²) in [6, 6.07) is 7.84. The van der Waals surface area contributed by atoms with E-state index in [-0.39, 0.29) is 0 Å². The van der Waals surface area contributed by atoms with Gasteiger partial charge < -0.3 is 10.1 Å². The van der Waals surface area contributed by atoms with Crippen molar-refractivity contribution in [2.24, 2.45) is 5.92 Å². The van der Waals surface area contributed by atoms with E-state index < -0.39 is 0 Å². The Morgan fingerprint density at radius 2 is 2.12 bits per heavy atom. The third-order valence-electron chi connectivity index (χ3n) is 2.93. The Morgan fingerprint density at radius 1 is 1.31 bits per heavy atom. The molecule has 16 heavy (non-hydrogen) atoms. The second kappa shape index (κ2) is 6.24. The van der Waals surface area contributed by atoms with Crippen molar-refractivity contribution in [2.45, 2.75) is 19.4 Å². The second-order valence-electron chi connectivity index (χ2n) is 4.35. The zero-order valence-electron chi connectivity index (χ0n) is 9.42. The number of nitrogens with one attached hydrogen (secondary N) is 1. The first-order valence-corrected chi connectivity index (χ1v) is 6.25. The van der Waals surface area contributed by atoms with E-state index in [1.165, 1.54) is 18.4 Å². The number of rotatable bonds is 4. The van der Waals surface area contributed by atoms with E-state index in [2.05, 4.69) is 5.32 Å². The molecule has 2 nitrogen and oxygen atoms in total. The topological polar surface area (TPSA) is 21.3 Å². The van der Waals surface area contributed by atoms with Gasteiger partial charge in [-0.05, 0) is 43.0 Å². The zero-order valence-corrected chi connectivity index (χ0v) is 10.2. The summed E-state index contributed by atoms with van der Waals surface area (Å²) in [5, 5.41) is 4.17. The molecule has 1 fully saturated rings. The van der Waals surface area contributed by atoms with Crippen LogP contribution in [0, 0.1) is 5.92 Å². The molecule has 1 aliphatic rings. The lowest BCUT2D eigenvalue weighted by Gasteiger charge is -2.22. The van der Waals surface area contributed by atoms with Crippen molar-refractivity contribution in [3.8, 4) is 0 Å². The maximum Gasteiger partial charge on any atom is 0.0717 e. The van der Waals surface area contributed by atoms with Gasteiger partial charge in [0.05, 0.1) is 13.2 Å². The lowest BCUT2D eigenvalue weighted by Crippen LogP contribution is -2.32. The maximum absolute atomic E-state index is 5.82. The quantitative estimate of drug-likeness (QED) is 0.873. The van der Waals surface area contributed by atoms with Gasteiger partial charge in [0, 0.05) is 11.6 Å². The molecule has 1 N–H and O–H groups in total. The average molecular weight is 240 g/mol. The SMILES string of the molecule is Clc1ccc(COC[C@H]2CCCNC2)cc1. The molecule has 3 heteroatoms. The van der Waals surface area contributed by atoms with Crippen LogP contribution in [0.15, 0.2) is 24.3 Å². The number of ether oxygens (including phenoxy) is 1. The Kier molecular flexibility index (Phi) is 4.64. The van der Waals surface area contributed by atoms with E-state index in [0.717, 1.165) is 24.7 Å². The van der Waals surface area contributed by atoms with Gasteiger partial charge in [-0.3, -0.25) is 0 Å². The molecule has 0 saturated carbocycles. The van der Waals surface area contributed by atoms with Gasteiger partial charge >= 0.3 is 0 Å². The van der Waals surface area contributed by atoms with E-state index in [1.54, 1.807) is 0 Å². The molecular formula is C13H18ClNO. The number of hydrogen-bond donors (Lipinski definition) is 1. The lowest BCUT2D eigenvalue weighted by atomic mass is 10.0. The van der Waals surface area contributed by atoms with Crippen LogP contribution >= 0.6 is 11.6 Å². The normalized spacial score (nSPS) is 20.9. The fourth-order valence-electron chi connectivity index (χ4n) is 1.99. The van der Waals surface area contributed by atoms with Crippen LogP contribution in [0.4, 0.5) is 0 Å². The minimum atomic E-state index is 0.682. The molecule has 1 aromatic carbocycles. The molecule has 0 amide bonds. The molecule has 1 saturated heterocycles. The number of hydrogen-bond acceptors (Lipinski definition) is 2. The first-order valence-electron chi connectivity index (χ1n) is 5.87. The maximum atomic E-state index is 5.82. The molecular weight excluding hydrogens is 222 g/mol. The summed E-state index contributed by atoms with van der Waals surface area (Å²) < 4.78 is 5.72. The predicted octanol–water partition coefficient (Wildman–Crippen LogP) is 2.86. The van der Waals surface area contributed by atoms with Crippen molar-refractivity contribution in [1.82, 2.24) is 5.32 Å². The molecule has 2 rings (SSSR count). The van der Waals surface area contributed by atoms with Gasteiger partial charge in [-0.15, -0.1) is 0 Å². The minimum absolute atomic E-state index is 0.682. The van der Waals surface area contributed by atoms with Crippen molar-refractivity contribution in [1.29, 1.82) is 0 Å². The molecule has 0 aromatic heterocycles. The van der Waals surface area contributed by atoms with Crippen LogP contribution in [0.3, 0.4) is 0 Å². The minimum Gasteiger partial charge on any atom is -0.376 e. The van der Waals surface area contributed by atoms with Crippen molar-refractivity contribution in [3.63, 3.8) is 0 Å². The molecule has 0 aliphatic carbocycles. The van der Waals surface area contributed by atoms with Gasteiger partial charge in [0.25, 0.3) is 0 Å². The van der Waals surface area contributed by atoms with Gasteiger partial charge in [-0.1, -0.05) is 23.7 Å². The molecule has 0 spiro atoms. The van der Waals surface area contributed by atoms with Crippen molar-refractivity contribution in [3.05, 3.63) is 34.9 Å². The number of piperidine rings is 1. The summed E-state index contributed by atoms with van der Waals surface area (Å²) in [6.07, 6.45) is 2.56. The molecule has 1 heterocycles. The predicted molar refractivity (Wildman–Crippen MR) is 66.7 cm³/mol. The third-order valence-corrected chi connectivity index (χ3v) is 3.19. The molecule has 88 valence electrons. The molecule has 1 aromatic rings. The van der Waals surface area contributed by atoms with Gasteiger partial charge in [-0.25, -0.2) is 0 Å². The van der Waals surface area contributed by atoms with E-state index in [0.29, 0.717) is 12.5 Å². The molecule has 0 unspecified atom stereocenters. The Balaban J connectivity index is 1.69. The highest BCUT2D eigenvalue weighted by Gasteiger charge is 2.12. The number of benzene rings is 1. The molecule has 0 radical (unpaired) electrons. The second-order valence-corrected chi connectivity index (χ2v) is 4.79. The highest BCUT2D eigenvalue weighted by molar-refractivity contribution is 6.30. The first kappa shape index (κ1) is 11.9. The average Bonchev–Trinajstić information content (AvgIpc) is 2.33. The Hall–Kier alpha value is -0.570. The molecule has 1 aliphatic heterocycles. The first-order chi connectivity index (χ1) is 7.84. The van der Waals surface area contributed by atoms with E-state index in [9.17, 15) is 0 Å². The third kappa shape index (κ3) is 3.78. The Labute approximate surface area is 102 Å². The summed E-state index contributed by atoms with van der Waals surface area (Å²) in [5.74, 6) is 0.682. The Bertz CT molecular complexity index is 306. The summed E-state index contributed by atoms with van der Waals surface area (Å²) in [6.45, 7) is 3.80. The van der Waals surface area contributed by atoms with Gasteiger partial charge in [0.15, 0.2) is 0 Å². The van der Waals surface area contributed by atoms with E-state index in [1.807, 2.05) is 24.3 Å². The number of halogens is 1. The van der Waals surface area contributed by atoms with Crippen LogP contribution in [0.1, 0.15) is 18.4 Å². The monoisotopic (exact) mass is 239 g/mol. The van der Waals surface area contributed by atoms with Crippen LogP contribution in [-0.4, -0.2) is 19.7 Å². The van der Waals surface area contributed by atoms with Gasteiger partial charge in [0.2, 0.25) is 0 Å². The fourth-order valence-corrected chi connectivity index (χ4v) is 2.12. The molecule has 1 atom stereocenters. The van der Waals surface area contributed by atoms with Crippen LogP contribution in [0.5, 0.6) is 0 Å². The van der Waals surface area contributed by atoms with Crippen LogP contribution in [0.2, 0.25) is 5.02 Å². The van der Waals surface area contributed by atoms with Crippen LogP contribution < -0.4 is 5.32 Å². The van der Waals surface area contributed by atoms with Crippen molar-refractivity contribution < 1.29 is 4.74 Å². The standard InChI is InChI=1S/C13H18ClNO/c14-13-5-3-11(4-6-13)9-16-10-12-2-1-7-15-8-12/h3-6,12,15H,1-2,7-10H2/t12-/m0/s1. The largest absolute Gasteiger partial charge is 0.376 e. The molecule has 0 bridgehead atoms. The van der Waals surface area contributed by atoms with E-state index in [4.69, 9.17) is 16.3 Å². The van der Waals surface area contributed by atoms with Gasteiger partial charge in [0.1, 0.15) is 0 Å². The van der Waals surface area contributed by atoms with Crippen LogP contribution in [0.25, 0.3) is 0 Å². The van der Waals surface area contributed by atoms with Crippen molar-refractivity contribution in [2.75, 3.05) is 19.7 Å². The van der Waals surface area contributed by atoms with Gasteiger partial charge in [-0.2, -0.15) is 0 Å². The lowest BCUT2D eigenvalue weighted by molar-refractivity contribution is 0.0783. The summed E-state index contributed by atoms with van der Waals surface area (Å²) in [4.78, 5) is 0. The zero-order chi connectivity index (χ0) is 11.2. The summed E-state index contributed by atoms with van der Waals surface area (Å²) in [5.41, 5.74) is 1.19. The smallest absolute Gasteiger partial charge is 0.0717 e.